The predicted octanol–water partition coefficient (Wildman–Crippen LogP) is 1.58. The van der Waals surface area contributed by atoms with Crippen LogP contribution in [0.4, 0.5) is 0 Å². The lowest BCUT2D eigenvalue weighted by Gasteiger charge is -2.24. The molecule has 0 saturated heterocycles. The molecule has 5 heteroatoms. The van der Waals surface area contributed by atoms with Crippen LogP contribution in [-0.4, -0.2) is 22.5 Å². The van der Waals surface area contributed by atoms with Crippen molar-refractivity contribution in [3.63, 3.8) is 0 Å². The number of rotatable bonds is 6. The summed E-state index contributed by atoms with van der Waals surface area (Å²) in [7, 11) is 0. The minimum absolute atomic E-state index is 0.0977. The molecule has 0 aliphatic heterocycles. The fourth-order valence-electron chi connectivity index (χ4n) is 1.55. The highest BCUT2D eigenvalue weighted by atomic mass is 16.4. The lowest BCUT2D eigenvalue weighted by molar-refractivity contribution is -0.138. The number of hydrogen-bond donors (Lipinski definition) is 2. The van der Waals surface area contributed by atoms with Crippen LogP contribution < -0.4 is 5.32 Å². The zero-order chi connectivity index (χ0) is 12.9. The van der Waals surface area contributed by atoms with E-state index in [1.54, 1.807) is 32.2 Å². The van der Waals surface area contributed by atoms with Gasteiger partial charge in [-0.2, -0.15) is 0 Å². The summed E-state index contributed by atoms with van der Waals surface area (Å²) in [6.07, 6.45) is 2.26. The van der Waals surface area contributed by atoms with Crippen molar-refractivity contribution in [1.82, 2.24) is 5.32 Å². The molecule has 0 aliphatic carbocycles. The van der Waals surface area contributed by atoms with Crippen molar-refractivity contribution in [2.24, 2.45) is 0 Å². The number of carboxylic acids is 1. The zero-order valence-corrected chi connectivity index (χ0v) is 10.0. The molecule has 0 fully saturated rings. The quantitative estimate of drug-likeness (QED) is 0.789. The summed E-state index contributed by atoms with van der Waals surface area (Å²) in [5, 5.41) is 11.4. The Hall–Kier alpha value is -1.78. The Morgan fingerprint density at radius 3 is 2.71 bits per heavy atom. The molecular weight excluding hydrogens is 222 g/mol. The van der Waals surface area contributed by atoms with Crippen molar-refractivity contribution < 1.29 is 19.1 Å². The molecule has 1 aromatic heterocycles. The van der Waals surface area contributed by atoms with Crippen LogP contribution in [-0.2, 0) is 16.0 Å². The van der Waals surface area contributed by atoms with Gasteiger partial charge in [-0.15, -0.1) is 0 Å². The van der Waals surface area contributed by atoms with E-state index in [1.807, 2.05) is 0 Å². The van der Waals surface area contributed by atoms with Gasteiger partial charge in [0.05, 0.1) is 12.7 Å². The first-order valence-electron chi connectivity index (χ1n) is 5.44. The standard InChI is InChI=1S/C12H17NO4/c1-12(2,8-11(15)16)13-10(14)6-5-9-4-3-7-17-9/h3-4,7H,5-6,8H2,1-2H3,(H,13,14)(H,15,16). The third-order valence-corrected chi connectivity index (χ3v) is 2.25. The topological polar surface area (TPSA) is 79.5 Å². The SMILES string of the molecule is CC(C)(CC(=O)O)NC(=O)CCc1ccco1. The van der Waals surface area contributed by atoms with Gasteiger partial charge in [0.25, 0.3) is 0 Å². The van der Waals surface area contributed by atoms with Gasteiger partial charge in [-0.25, -0.2) is 0 Å². The molecule has 94 valence electrons. The second kappa shape index (κ2) is 5.52. The van der Waals surface area contributed by atoms with Gasteiger partial charge >= 0.3 is 5.97 Å². The second-order valence-corrected chi connectivity index (χ2v) is 4.58. The van der Waals surface area contributed by atoms with Crippen molar-refractivity contribution in [1.29, 1.82) is 0 Å². The van der Waals surface area contributed by atoms with Gasteiger partial charge in [-0.05, 0) is 26.0 Å². The Balaban J connectivity index is 2.36. The molecule has 0 saturated carbocycles. The highest BCUT2D eigenvalue weighted by molar-refractivity contribution is 5.78. The number of amides is 1. The van der Waals surface area contributed by atoms with Gasteiger partial charge < -0.3 is 14.8 Å². The maximum atomic E-state index is 11.6. The summed E-state index contributed by atoms with van der Waals surface area (Å²) < 4.78 is 5.10. The predicted molar refractivity (Wildman–Crippen MR) is 61.5 cm³/mol. The zero-order valence-electron chi connectivity index (χ0n) is 10.0. The Morgan fingerprint density at radius 2 is 2.18 bits per heavy atom. The summed E-state index contributed by atoms with van der Waals surface area (Å²) in [5.41, 5.74) is -0.730. The number of aryl methyl sites for hydroxylation is 1. The Labute approximate surface area is 99.8 Å². The van der Waals surface area contributed by atoms with Crippen LogP contribution in [0.1, 0.15) is 32.4 Å². The summed E-state index contributed by atoms with van der Waals surface area (Å²) in [5.74, 6) is -0.356. The first-order valence-corrected chi connectivity index (χ1v) is 5.44. The first kappa shape index (κ1) is 13.3. The van der Waals surface area contributed by atoms with Crippen molar-refractivity contribution in [2.45, 2.75) is 38.6 Å². The van der Waals surface area contributed by atoms with Crippen LogP contribution in [0.15, 0.2) is 22.8 Å². The lowest BCUT2D eigenvalue weighted by Crippen LogP contribution is -2.45. The van der Waals surface area contributed by atoms with Gasteiger partial charge in [0.1, 0.15) is 5.76 Å². The Kier molecular flexibility index (Phi) is 4.31. The minimum Gasteiger partial charge on any atom is -0.481 e. The molecule has 1 rings (SSSR count). The number of carbonyl (C=O) groups excluding carboxylic acids is 1. The molecule has 1 amide bonds. The van der Waals surface area contributed by atoms with Gasteiger partial charge in [0.15, 0.2) is 0 Å². The molecule has 0 spiro atoms. The molecule has 1 aromatic rings. The third kappa shape index (κ3) is 5.19. The average Bonchev–Trinajstić information content (AvgIpc) is 2.63. The first-order chi connectivity index (χ1) is 7.89. The highest BCUT2D eigenvalue weighted by Gasteiger charge is 2.23. The monoisotopic (exact) mass is 239 g/mol. The van der Waals surface area contributed by atoms with Gasteiger partial charge in [0, 0.05) is 18.4 Å². The van der Waals surface area contributed by atoms with Crippen molar-refractivity contribution in [3.8, 4) is 0 Å². The molecule has 1 heterocycles. The van der Waals surface area contributed by atoms with E-state index in [-0.39, 0.29) is 18.7 Å². The number of aliphatic carboxylic acids is 1. The molecule has 0 aliphatic rings. The van der Waals surface area contributed by atoms with Gasteiger partial charge in [-0.1, -0.05) is 0 Å². The van der Waals surface area contributed by atoms with E-state index < -0.39 is 11.5 Å². The molecular formula is C12H17NO4. The molecule has 0 aromatic carbocycles. The fraction of sp³-hybridized carbons (Fsp3) is 0.500. The molecule has 0 bridgehead atoms. The number of hydrogen-bond acceptors (Lipinski definition) is 3. The van der Waals surface area contributed by atoms with Crippen LogP contribution in [0.25, 0.3) is 0 Å². The molecule has 0 radical (unpaired) electrons. The second-order valence-electron chi connectivity index (χ2n) is 4.58. The van der Waals surface area contributed by atoms with Crippen molar-refractivity contribution in [3.05, 3.63) is 24.2 Å². The van der Waals surface area contributed by atoms with E-state index >= 15 is 0 Å². The smallest absolute Gasteiger partial charge is 0.305 e. The third-order valence-electron chi connectivity index (χ3n) is 2.25. The Morgan fingerprint density at radius 1 is 1.47 bits per heavy atom. The van der Waals surface area contributed by atoms with Crippen LogP contribution >= 0.6 is 0 Å². The van der Waals surface area contributed by atoms with Crippen LogP contribution in [0.5, 0.6) is 0 Å². The molecule has 2 N–H and O–H groups in total. The van der Waals surface area contributed by atoms with Crippen LogP contribution in [0.3, 0.4) is 0 Å². The summed E-state index contributed by atoms with van der Waals surface area (Å²) in [6, 6.07) is 3.57. The number of carbonyl (C=O) groups is 2. The minimum atomic E-state index is -0.929. The molecule has 5 nitrogen and oxygen atoms in total. The van der Waals surface area contributed by atoms with E-state index in [1.165, 1.54) is 0 Å². The molecule has 0 atom stereocenters. The molecule has 17 heavy (non-hydrogen) atoms. The Bertz CT molecular complexity index is 381. The number of furan rings is 1. The van der Waals surface area contributed by atoms with Crippen LogP contribution in [0.2, 0.25) is 0 Å². The van der Waals surface area contributed by atoms with E-state index in [0.29, 0.717) is 6.42 Å². The van der Waals surface area contributed by atoms with Crippen LogP contribution in [0, 0.1) is 0 Å². The number of carboxylic acid groups (broad SMARTS) is 1. The maximum Gasteiger partial charge on any atom is 0.305 e. The van der Waals surface area contributed by atoms with E-state index in [4.69, 9.17) is 9.52 Å². The summed E-state index contributed by atoms with van der Waals surface area (Å²) in [6.45, 7) is 3.37. The average molecular weight is 239 g/mol. The highest BCUT2D eigenvalue weighted by Crippen LogP contribution is 2.09. The normalized spacial score (nSPS) is 11.2. The largest absolute Gasteiger partial charge is 0.481 e. The lowest BCUT2D eigenvalue weighted by atomic mass is 10.0. The van der Waals surface area contributed by atoms with E-state index in [2.05, 4.69) is 5.32 Å². The van der Waals surface area contributed by atoms with Gasteiger partial charge in [-0.3, -0.25) is 9.59 Å². The number of nitrogens with one attached hydrogen (secondary N) is 1. The molecule has 0 unspecified atom stereocenters. The summed E-state index contributed by atoms with van der Waals surface area (Å²) in [4.78, 5) is 22.2. The van der Waals surface area contributed by atoms with Crippen molar-refractivity contribution in [2.75, 3.05) is 0 Å². The van der Waals surface area contributed by atoms with Gasteiger partial charge in [0.2, 0.25) is 5.91 Å². The van der Waals surface area contributed by atoms with Crippen molar-refractivity contribution >= 4 is 11.9 Å². The maximum absolute atomic E-state index is 11.6. The van der Waals surface area contributed by atoms with E-state index in [9.17, 15) is 9.59 Å². The fourth-order valence-corrected chi connectivity index (χ4v) is 1.55. The summed E-state index contributed by atoms with van der Waals surface area (Å²) >= 11 is 0. The van der Waals surface area contributed by atoms with E-state index in [0.717, 1.165) is 5.76 Å².